The summed E-state index contributed by atoms with van der Waals surface area (Å²) < 4.78 is 0. The van der Waals surface area contributed by atoms with Crippen LogP contribution in [0.3, 0.4) is 0 Å². The standard InChI is InChI=1S/C8H10N4S/c1-2-3-13-8-6-7(10-4-9-6)11-5-12-8/h4-6H,2-3H2,1H3. The molecule has 0 amide bonds. The molecule has 0 aromatic heterocycles. The third kappa shape index (κ3) is 1.70. The van der Waals surface area contributed by atoms with Gasteiger partial charge in [0.2, 0.25) is 0 Å². The topological polar surface area (TPSA) is 49.4 Å². The SMILES string of the molecule is CCCSC1=NC=NC2=NC=NC21. The second kappa shape index (κ2) is 3.83. The van der Waals surface area contributed by atoms with E-state index in [9.17, 15) is 0 Å². The highest BCUT2D eigenvalue weighted by Crippen LogP contribution is 2.18. The van der Waals surface area contributed by atoms with Gasteiger partial charge in [-0.1, -0.05) is 6.92 Å². The largest absolute Gasteiger partial charge is 0.255 e. The van der Waals surface area contributed by atoms with Crippen LogP contribution in [-0.4, -0.2) is 35.4 Å². The summed E-state index contributed by atoms with van der Waals surface area (Å²) in [6, 6.07) is -0.0125. The molecule has 0 bridgehead atoms. The maximum Gasteiger partial charge on any atom is 0.163 e. The van der Waals surface area contributed by atoms with E-state index < -0.39 is 0 Å². The van der Waals surface area contributed by atoms with Gasteiger partial charge in [-0.25, -0.2) is 15.0 Å². The molecule has 0 aromatic rings. The molecular weight excluding hydrogens is 184 g/mol. The number of aliphatic imine (C=N–C) groups is 4. The Labute approximate surface area is 81.0 Å². The van der Waals surface area contributed by atoms with Crippen molar-refractivity contribution in [3.63, 3.8) is 0 Å². The molecule has 2 rings (SSSR count). The van der Waals surface area contributed by atoms with Crippen LogP contribution in [-0.2, 0) is 0 Å². The minimum Gasteiger partial charge on any atom is -0.255 e. The first kappa shape index (κ1) is 8.62. The fourth-order valence-corrected chi connectivity index (χ4v) is 1.97. The third-order valence-corrected chi connectivity index (χ3v) is 2.95. The van der Waals surface area contributed by atoms with Crippen LogP contribution in [0.5, 0.6) is 0 Å². The van der Waals surface area contributed by atoms with Gasteiger partial charge in [-0.15, -0.1) is 11.8 Å². The average molecular weight is 194 g/mol. The second-order valence-corrected chi connectivity index (χ2v) is 3.83. The highest BCUT2D eigenvalue weighted by atomic mass is 32.2. The Hall–Kier alpha value is -0.970. The van der Waals surface area contributed by atoms with Crippen molar-refractivity contribution in [2.24, 2.45) is 20.0 Å². The number of nitrogens with zero attached hydrogens (tertiary/aromatic N) is 4. The van der Waals surface area contributed by atoms with Crippen LogP contribution in [0.2, 0.25) is 0 Å². The van der Waals surface area contributed by atoms with Crippen molar-refractivity contribution in [1.29, 1.82) is 0 Å². The Morgan fingerprint density at radius 3 is 3.15 bits per heavy atom. The van der Waals surface area contributed by atoms with Crippen molar-refractivity contribution in [1.82, 2.24) is 0 Å². The second-order valence-electron chi connectivity index (χ2n) is 2.71. The Balaban J connectivity index is 2.10. The Bertz CT molecular complexity index is 316. The number of rotatable bonds is 2. The van der Waals surface area contributed by atoms with Crippen molar-refractivity contribution in [2.45, 2.75) is 19.4 Å². The van der Waals surface area contributed by atoms with Gasteiger partial charge in [0.25, 0.3) is 0 Å². The zero-order valence-electron chi connectivity index (χ0n) is 7.34. The van der Waals surface area contributed by atoms with E-state index in [0.29, 0.717) is 0 Å². The summed E-state index contributed by atoms with van der Waals surface area (Å²) in [5.41, 5.74) is 0. The fraction of sp³-hybridized carbons (Fsp3) is 0.500. The van der Waals surface area contributed by atoms with Crippen molar-refractivity contribution in [2.75, 3.05) is 5.75 Å². The van der Waals surface area contributed by atoms with Gasteiger partial charge in [0, 0.05) is 0 Å². The molecule has 0 radical (unpaired) electrons. The molecule has 0 aliphatic carbocycles. The molecular formula is C8H10N4S. The molecule has 1 atom stereocenters. The van der Waals surface area contributed by atoms with Crippen molar-refractivity contribution >= 4 is 35.3 Å². The van der Waals surface area contributed by atoms with E-state index >= 15 is 0 Å². The van der Waals surface area contributed by atoms with E-state index in [-0.39, 0.29) is 6.04 Å². The molecule has 0 saturated carbocycles. The van der Waals surface area contributed by atoms with E-state index in [0.717, 1.165) is 23.1 Å². The lowest BCUT2D eigenvalue weighted by Gasteiger charge is -2.12. The summed E-state index contributed by atoms with van der Waals surface area (Å²) in [6.07, 6.45) is 4.26. The lowest BCUT2D eigenvalue weighted by molar-refractivity contribution is 1.11. The highest BCUT2D eigenvalue weighted by Gasteiger charge is 2.25. The number of hydrogen-bond donors (Lipinski definition) is 0. The van der Waals surface area contributed by atoms with Crippen molar-refractivity contribution < 1.29 is 0 Å². The van der Waals surface area contributed by atoms with Gasteiger partial charge < -0.3 is 0 Å². The van der Waals surface area contributed by atoms with Crippen LogP contribution in [0.1, 0.15) is 13.3 Å². The minimum absolute atomic E-state index is 0.0125. The summed E-state index contributed by atoms with van der Waals surface area (Å²) in [7, 11) is 0. The predicted octanol–water partition coefficient (Wildman–Crippen LogP) is 1.38. The van der Waals surface area contributed by atoms with E-state index in [1.165, 1.54) is 0 Å². The molecule has 0 aromatic carbocycles. The van der Waals surface area contributed by atoms with Crippen LogP contribution in [0.15, 0.2) is 20.0 Å². The first-order chi connectivity index (χ1) is 6.42. The molecule has 5 heteroatoms. The number of thioether (sulfide) groups is 1. The van der Waals surface area contributed by atoms with Gasteiger partial charge in [0.15, 0.2) is 11.9 Å². The highest BCUT2D eigenvalue weighted by molar-refractivity contribution is 8.14. The molecule has 0 fully saturated rings. The summed E-state index contributed by atoms with van der Waals surface area (Å²) in [6.45, 7) is 2.15. The summed E-state index contributed by atoms with van der Waals surface area (Å²) >= 11 is 1.74. The Morgan fingerprint density at radius 1 is 1.38 bits per heavy atom. The molecule has 68 valence electrons. The lowest BCUT2D eigenvalue weighted by atomic mass is 10.3. The molecule has 2 heterocycles. The van der Waals surface area contributed by atoms with E-state index in [2.05, 4.69) is 26.9 Å². The normalized spacial score (nSPS) is 24.2. The van der Waals surface area contributed by atoms with Gasteiger partial charge in [0.1, 0.15) is 17.7 Å². The summed E-state index contributed by atoms with van der Waals surface area (Å²) in [5, 5.41) is 1.02. The lowest BCUT2D eigenvalue weighted by Crippen LogP contribution is -2.25. The number of fused-ring (bicyclic) bond motifs is 1. The zero-order chi connectivity index (χ0) is 9.10. The summed E-state index contributed by atoms with van der Waals surface area (Å²) in [5.74, 6) is 1.85. The van der Waals surface area contributed by atoms with Crippen molar-refractivity contribution in [3.8, 4) is 0 Å². The number of amidine groups is 1. The van der Waals surface area contributed by atoms with Crippen LogP contribution >= 0.6 is 11.8 Å². The molecule has 0 N–H and O–H groups in total. The first-order valence-electron chi connectivity index (χ1n) is 4.24. The van der Waals surface area contributed by atoms with Gasteiger partial charge in [-0.3, -0.25) is 4.99 Å². The molecule has 1 unspecified atom stereocenters. The summed E-state index contributed by atoms with van der Waals surface area (Å²) in [4.78, 5) is 16.5. The van der Waals surface area contributed by atoms with Crippen LogP contribution in [0.4, 0.5) is 0 Å². The maximum absolute atomic E-state index is 4.20. The first-order valence-corrected chi connectivity index (χ1v) is 5.22. The minimum atomic E-state index is -0.0125. The molecule has 13 heavy (non-hydrogen) atoms. The molecule has 0 saturated heterocycles. The van der Waals surface area contributed by atoms with E-state index in [1.54, 1.807) is 24.4 Å². The van der Waals surface area contributed by atoms with E-state index in [4.69, 9.17) is 0 Å². The van der Waals surface area contributed by atoms with Crippen LogP contribution in [0.25, 0.3) is 0 Å². The maximum atomic E-state index is 4.20. The Morgan fingerprint density at radius 2 is 2.31 bits per heavy atom. The molecule has 0 spiro atoms. The molecule has 4 nitrogen and oxygen atoms in total. The zero-order valence-corrected chi connectivity index (χ0v) is 8.16. The quantitative estimate of drug-likeness (QED) is 0.655. The van der Waals surface area contributed by atoms with Gasteiger partial charge in [-0.2, -0.15) is 0 Å². The third-order valence-electron chi connectivity index (χ3n) is 1.71. The monoisotopic (exact) mass is 194 g/mol. The fourth-order valence-electron chi connectivity index (χ4n) is 1.11. The van der Waals surface area contributed by atoms with Gasteiger partial charge in [-0.05, 0) is 12.2 Å². The number of hydrogen-bond acceptors (Lipinski definition) is 5. The predicted molar refractivity (Wildman–Crippen MR) is 58.4 cm³/mol. The van der Waals surface area contributed by atoms with Crippen LogP contribution in [0, 0.1) is 0 Å². The smallest absolute Gasteiger partial charge is 0.163 e. The van der Waals surface area contributed by atoms with Crippen LogP contribution < -0.4 is 0 Å². The molecule has 2 aliphatic rings. The molecule has 2 aliphatic heterocycles. The van der Waals surface area contributed by atoms with Crippen molar-refractivity contribution in [3.05, 3.63) is 0 Å². The van der Waals surface area contributed by atoms with Gasteiger partial charge in [0.05, 0.1) is 0 Å². The van der Waals surface area contributed by atoms with Gasteiger partial charge >= 0.3 is 0 Å². The Kier molecular flexibility index (Phi) is 2.54. The average Bonchev–Trinajstić information content (AvgIpc) is 2.62. The van der Waals surface area contributed by atoms with E-state index in [1.807, 2.05) is 0 Å².